The maximum absolute atomic E-state index is 13.2. The maximum Gasteiger partial charge on any atom is 0.407 e. The van der Waals surface area contributed by atoms with Crippen LogP contribution in [0.2, 0.25) is 0 Å². The lowest BCUT2D eigenvalue weighted by atomic mass is 10.1. The van der Waals surface area contributed by atoms with Gasteiger partial charge >= 0.3 is 6.09 Å². The normalized spacial score (nSPS) is 12.3. The minimum absolute atomic E-state index is 0.291. The van der Waals surface area contributed by atoms with Crippen LogP contribution in [-0.4, -0.2) is 54.8 Å². The maximum atomic E-state index is 13.2. The number of hydrogen-bond acceptors (Lipinski definition) is 8. The smallest absolute Gasteiger partial charge is 0.407 e. The number of rotatable bonds is 8. The Kier molecular flexibility index (Phi) is 8.84. The average Bonchev–Trinajstić information content (AvgIpc) is 2.99. The van der Waals surface area contributed by atoms with Crippen molar-refractivity contribution in [2.24, 2.45) is 0 Å². The molecule has 11 nitrogen and oxygen atoms in total. The second-order valence-corrected chi connectivity index (χ2v) is 11.3. The number of nitrogens with zero attached hydrogens (tertiary/aromatic N) is 1. The van der Waals surface area contributed by atoms with E-state index in [1.165, 1.54) is 0 Å². The van der Waals surface area contributed by atoms with Crippen molar-refractivity contribution >= 4 is 46.0 Å². The van der Waals surface area contributed by atoms with E-state index in [0.29, 0.717) is 71.6 Å². The zero-order valence-electron chi connectivity index (χ0n) is 25.1. The van der Waals surface area contributed by atoms with Gasteiger partial charge in [0.25, 0.3) is 11.8 Å². The lowest BCUT2D eigenvalue weighted by molar-refractivity contribution is 0.0529. The standard InChI is InChI=1S/C33H35N5O6/c1-20-5-9-24(36-30(39)23-7-11-27-28(18-23)43-16-15-42-27)19-26(20)38-31(40)22-6-10-25-21(17-22)8-12-29(37-25)34-13-14-35-32(41)44-33(2,3)4/h5-12,17-19H,13-16H2,1-4H3,(H,34,37)(H,35,41)(H,36,39)(H,38,40). The van der Waals surface area contributed by atoms with Crippen LogP contribution < -0.4 is 30.7 Å². The Hall–Kier alpha value is -5.32. The summed E-state index contributed by atoms with van der Waals surface area (Å²) in [4.78, 5) is 42.5. The van der Waals surface area contributed by atoms with Gasteiger partial charge in [-0.25, -0.2) is 9.78 Å². The summed E-state index contributed by atoms with van der Waals surface area (Å²) in [5.41, 5.74) is 3.01. The Labute approximate surface area is 255 Å². The third-order valence-electron chi connectivity index (χ3n) is 6.60. The summed E-state index contributed by atoms with van der Waals surface area (Å²) in [6.45, 7) is 9.05. The predicted octanol–water partition coefficient (Wildman–Crippen LogP) is 5.76. The van der Waals surface area contributed by atoms with E-state index >= 15 is 0 Å². The highest BCUT2D eigenvalue weighted by atomic mass is 16.6. The number of amides is 3. The SMILES string of the molecule is Cc1ccc(NC(=O)c2ccc3c(c2)OCCO3)cc1NC(=O)c1ccc2nc(NCCNC(=O)OC(C)(C)C)ccc2c1. The van der Waals surface area contributed by atoms with Gasteiger partial charge in [0.15, 0.2) is 11.5 Å². The Bertz CT molecular complexity index is 1720. The van der Waals surface area contributed by atoms with Gasteiger partial charge in [-0.15, -0.1) is 0 Å². The number of benzene rings is 3. The number of alkyl carbamates (subject to hydrolysis) is 1. The number of nitrogens with one attached hydrogen (secondary N) is 4. The first-order chi connectivity index (χ1) is 21.0. The number of fused-ring (bicyclic) bond motifs is 2. The van der Waals surface area contributed by atoms with Gasteiger partial charge in [-0.05, 0) is 93.9 Å². The molecule has 3 amide bonds. The molecule has 44 heavy (non-hydrogen) atoms. The molecule has 11 heteroatoms. The minimum atomic E-state index is -0.553. The van der Waals surface area contributed by atoms with E-state index in [9.17, 15) is 14.4 Å². The highest BCUT2D eigenvalue weighted by Crippen LogP contribution is 2.31. The lowest BCUT2D eigenvalue weighted by Gasteiger charge is -2.19. The van der Waals surface area contributed by atoms with Crippen LogP contribution in [0, 0.1) is 6.92 Å². The molecule has 1 aliphatic rings. The molecule has 0 bridgehead atoms. The fourth-order valence-electron chi connectivity index (χ4n) is 4.45. The van der Waals surface area contributed by atoms with E-state index in [0.717, 1.165) is 10.9 Å². The van der Waals surface area contributed by atoms with Crippen LogP contribution in [0.4, 0.5) is 22.0 Å². The summed E-state index contributed by atoms with van der Waals surface area (Å²) >= 11 is 0. The first kappa shape index (κ1) is 30.1. The Morgan fingerprint density at radius 3 is 2.34 bits per heavy atom. The van der Waals surface area contributed by atoms with Crippen LogP contribution in [0.5, 0.6) is 11.5 Å². The van der Waals surface area contributed by atoms with Crippen molar-refractivity contribution < 1.29 is 28.6 Å². The zero-order valence-corrected chi connectivity index (χ0v) is 25.1. The van der Waals surface area contributed by atoms with E-state index in [1.807, 2.05) is 45.9 Å². The molecule has 2 heterocycles. The monoisotopic (exact) mass is 597 g/mol. The Morgan fingerprint density at radius 1 is 0.818 bits per heavy atom. The lowest BCUT2D eigenvalue weighted by Crippen LogP contribution is -2.35. The first-order valence-electron chi connectivity index (χ1n) is 14.3. The molecule has 228 valence electrons. The summed E-state index contributed by atoms with van der Waals surface area (Å²) in [7, 11) is 0. The number of aromatic nitrogens is 1. The first-order valence-corrected chi connectivity index (χ1v) is 14.3. The van der Waals surface area contributed by atoms with E-state index in [1.54, 1.807) is 48.5 Å². The summed E-state index contributed by atoms with van der Waals surface area (Å²) in [5.74, 6) is 1.19. The van der Waals surface area contributed by atoms with Crippen LogP contribution >= 0.6 is 0 Å². The van der Waals surface area contributed by atoms with Crippen molar-refractivity contribution in [2.75, 3.05) is 42.3 Å². The third kappa shape index (κ3) is 7.74. The van der Waals surface area contributed by atoms with Gasteiger partial charge in [0.1, 0.15) is 24.6 Å². The van der Waals surface area contributed by atoms with Gasteiger partial charge in [-0.1, -0.05) is 6.07 Å². The molecule has 0 aliphatic carbocycles. The van der Waals surface area contributed by atoms with Crippen molar-refractivity contribution in [3.8, 4) is 11.5 Å². The quantitative estimate of drug-likeness (QED) is 0.188. The van der Waals surface area contributed by atoms with Crippen molar-refractivity contribution in [1.29, 1.82) is 0 Å². The van der Waals surface area contributed by atoms with Gasteiger partial charge < -0.3 is 35.5 Å². The van der Waals surface area contributed by atoms with Gasteiger partial charge in [-0.2, -0.15) is 0 Å². The summed E-state index contributed by atoms with van der Waals surface area (Å²) in [6.07, 6.45) is -0.472. The fraction of sp³-hybridized carbons (Fsp3) is 0.273. The van der Waals surface area contributed by atoms with Gasteiger partial charge in [-0.3, -0.25) is 9.59 Å². The Balaban J connectivity index is 1.19. The molecular formula is C33H35N5O6. The number of pyridine rings is 1. The molecule has 0 radical (unpaired) electrons. The van der Waals surface area contributed by atoms with E-state index in [2.05, 4.69) is 26.3 Å². The summed E-state index contributed by atoms with van der Waals surface area (Å²) < 4.78 is 16.3. The second-order valence-electron chi connectivity index (χ2n) is 11.3. The van der Waals surface area contributed by atoms with Crippen molar-refractivity contribution in [1.82, 2.24) is 10.3 Å². The largest absolute Gasteiger partial charge is 0.486 e. The number of aryl methyl sites for hydroxylation is 1. The molecule has 0 atom stereocenters. The molecule has 0 fully saturated rings. The molecule has 0 spiro atoms. The molecular weight excluding hydrogens is 562 g/mol. The average molecular weight is 598 g/mol. The molecule has 4 N–H and O–H groups in total. The van der Waals surface area contributed by atoms with Gasteiger partial charge in [0, 0.05) is 41.0 Å². The Morgan fingerprint density at radius 2 is 1.55 bits per heavy atom. The highest BCUT2D eigenvalue weighted by molar-refractivity contribution is 6.08. The van der Waals surface area contributed by atoms with E-state index < -0.39 is 11.7 Å². The summed E-state index contributed by atoms with van der Waals surface area (Å²) in [5, 5.41) is 12.5. The molecule has 4 aromatic rings. The van der Waals surface area contributed by atoms with Crippen LogP contribution in [-0.2, 0) is 4.74 Å². The topological polar surface area (TPSA) is 140 Å². The summed E-state index contributed by atoms with van der Waals surface area (Å²) in [6, 6.07) is 19.3. The number of carbonyl (C=O) groups excluding carboxylic acids is 3. The number of hydrogen-bond donors (Lipinski definition) is 4. The minimum Gasteiger partial charge on any atom is -0.486 e. The number of carbonyl (C=O) groups is 3. The van der Waals surface area contributed by atoms with E-state index in [4.69, 9.17) is 14.2 Å². The fourth-order valence-corrected chi connectivity index (χ4v) is 4.45. The van der Waals surface area contributed by atoms with Crippen LogP contribution in [0.15, 0.2) is 66.7 Å². The van der Waals surface area contributed by atoms with Crippen LogP contribution in [0.1, 0.15) is 47.1 Å². The third-order valence-corrected chi connectivity index (χ3v) is 6.60. The molecule has 1 aromatic heterocycles. The second kappa shape index (κ2) is 12.9. The van der Waals surface area contributed by atoms with Crippen molar-refractivity contribution in [3.63, 3.8) is 0 Å². The van der Waals surface area contributed by atoms with Crippen molar-refractivity contribution in [2.45, 2.75) is 33.3 Å². The molecule has 3 aromatic carbocycles. The molecule has 5 rings (SSSR count). The van der Waals surface area contributed by atoms with E-state index in [-0.39, 0.29) is 11.8 Å². The van der Waals surface area contributed by atoms with Crippen LogP contribution in [0.3, 0.4) is 0 Å². The zero-order chi connectivity index (χ0) is 31.3. The highest BCUT2D eigenvalue weighted by Gasteiger charge is 2.17. The van der Waals surface area contributed by atoms with Crippen molar-refractivity contribution in [3.05, 3.63) is 83.4 Å². The van der Waals surface area contributed by atoms with Crippen LogP contribution in [0.25, 0.3) is 10.9 Å². The molecule has 0 saturated heterocycles. The molecule has 0 saturated carbocycles. The number of ether oxygens (including phenoxy) is 3. The molecule has 1 aliphatic heterocycles. The predicted molar refractivity (Wildman–Crippen MR) is 169 cm³/mol. The number of anilines is 3. The molecule has 0 unspecified atom stereocenters. The van der Waals surface area contributed by atoms with Gasteiger partial charge in [0.2, 0.25) is 0 Å². The van der Waals surface area contributed by atoms with Gasteiger partial charge in [0.05, 0.1) is 5.52 Å².